The number of carbonyl (C=O) groups excluding carboxylic acids is 1. The highest BCUT2D eigenvalue weighted by atomic mass is 79.9. The van der Waals surface area contributed by atoms with Gasteiger partial charge < -0.3 is 9.84 Å². The van der Waals surface area contributed by atoms with Gasteiger partial charge in [-0.3, -0.25) is 4.79 Å². The van der Waals surface area contributed by atoms with Gasteiger partial charge in [0.25, 0.3) is 5.91 Å². The third-order valence-electron chi connectivity index (χ3n) is 3.08. The van der Waals surface area contributed by atoms with Crippen LogP contribution in [0.3, 0.4) is 0 Å². The van der Waals surface area contributed by atoms with Crippen molar-refractivity contribution in [3.8, 4) is 5.75 Å². The molecule has 124 valence electrons. The minimum Gasteiger partial charge on any atom is -0.482 e. The molecule has 0 saturated heterocycles. The summed E-state index contributed by atoms with van der Waals surface area (Å²) in [6.45, 7) is 1.36. The molecular formula is C17H15BrN2O4. The molecule has 7 heteroatoms. The van der Waals surface area contributed by atoms with Gasteiger partial charge in [0.2, 0.25) is 0 Å². The van der Waals surface area contributed by atoms with E-state index in [9.17, 15) is 9.59 Å². The molecule has 0 aromatic heterocycles. The van der Waals surface area contributed by atoms with Gasteiger partial charge in [0.15, 0.2) is 6.61 Å². The lowest BCUT2D eigenvalue weighted by Crippen LogP contribution is -2.19. The van der Waals surface area contributed by atoms with Gasteiger partial charge >= 0.3 is 5.97 Å². The first-order valence-electron chi connectivity index (χ1n) is 7.01. The third-order valence-corrected chi connectivity index (χ3v) is 3.77. The SMILES string of the molecule is C/C(=N/NC(=O)c1ccccc1Br)c1ccc(OCC(=O)O)cc1. The molecule has 6 nitrogen and oxygen atoms in total. The second-order valence-electron chi connectivity index (χ2n) is 4.82. The average molecular weight is 391 g/mol. The van der Waals surface area contributed by atoms with Crippen LogP contribution in [0.15, 0.2) is 58.1 Å². The quantitative estimate of drug-likeness (QED) is 0.585. The molecular weight excluding hydrogens is 376 g/mol. The van der Waals surface area contributed by atoms with E-state index >= 15 is 0 Å². The maximum atomic E-state index is 12.1. The molecule has 0 aliphatic carbocycles. The molecule has 0 heterocycles. The monoisotopic (exact) mass is 390 g/mol. The van der Waals surface area contributed by atoms with Crippen molar-refractivity contribution in [2.24, 2.45) is 5.10 Å². The van der Waals surface area contributed by atoms with Gasteiger partial charge in [-0.1, -0.05) is 12.1 Å². The van der Waals surface area contributed by atoms with Crippen molar-refractivity contribution in [1.29, 1.82) is 0 Å². The van der Waals surface area contributed by atoms with Gasteiger partial charge in [-0.05, 0) is 64.8 Å². The number of hydrogen-bond donors (Lipinski definition) is 2. The fourth-order valence-corrected chi connectivity index (χ4v) is 2.31. The van der Waals surface area contributed by atoms with Crippen molar-refractivity contribution in [3.63, 3.8) is 0 Å². The largest absolute Gasteiger partial charge is 0.482 e. The van der Waals surface area contributed by atoms with Crippen LogP contribution in [-0.2, 0) is 4.79 Å². The van der Waals surface area contributed by atoms with E-state index in [0.717, 1.165) is 5.56 Å². The van der Waals surface area contributed by atoms with E-state index in [2.05, 4.69) is 26.5 Å². The number of halogens is 1. The number of hydrazone groups is 1. The topological polar surface area (TPSA) is 88.0 Å². The molecule has 0 bridgehead atoms. The molecule has 0 aliphatic rings. The van der Waals surface area contributed by atoms with Gasteiger partial charge in [-0.15, -0.1) is 0 Å². The molecule has 2 rings (SSSR count). The van der Waals surface area contributed by atoms with Crippen LogP contribution >= 0.6 is 15.9 Å². The summed E-state index contributed by atoms with van der Waals surface area (Å²) in [6.07, 6.45) is 0. The Kier molecular flexibility index (Phi) is 6.08. The van der Waals surface area contributed by atoms with Crippen LogP contribution in [-0.4, -0.2) is 29.3 Å². The Morgan fingerprint density at radius 1 is 1.17 bits per heavy atom. The van der Waals surface area contributed by atoms with Crippen LogP contribution in [0.2, 0.25) is 0 Å². The van der Waals surface area contributed by atoms with E-state index in [1.807, 2.05) is 6.07 Å². The third kappa shape index (κ3) is 4.92. The lowest BCUT2D eigenvalue weighted by atomic mass is 10.1. The average Bonchev–Trinajstić information content (AvgIpc) is 2.58. The first-order valence-corrected chi connectivity index (χ1v) is 7.81. The standard InChI is InChI=1S/C17H15BrN2O4/c1-11(12-6-8-13(9-7-12)24-10-16(21)22)19-20-17(23)14-4-2-3-5-15(14)18/h2-9H,10H2,1H3,(H,20,23)(H,21,22)/b19-11-. The van der Waals surface area contributed by atoms with E-state index < -0.39 is 12.6 Å². The summed E-state index contributed by atoms with van der Waals surface area (Å²) in [7, 11) is 0. The molecule has 0 saturated carbocycles. The van der Waals surface area contributed by atoms with Crippen LogP contribution in [0.5, 0.6) is 5.75 Å². The molecule has 24 heavy (non-hydrogen) atoms. The minimum absolute atomic E-state index is 0.316. The number of carboxylic acid groups (broad SMARTS) is 1. The number of benzene rings is 2. The molecule has 0 radical (unpaired) electrons. The second-order valence-corrected chi connectivity index (χ2v) is 5.68. The molecule has 0 atom stereocenters. The number of carbonyl (C=O) groups is 2. The summed E-state index contributed by atoms with van der Waals surface area (Å²) in [5.41, 5.74) is 4.39. The fourth-order valence-electron chi connectivity index (χ4n) is 1.84. The Labute approximate surface area is 147 Å². The van der Waals surface area contributed by atoms with Gasteiger partial charge in [-0.25, -0.2) is 10.2 Å². The van der Waals surface area contributed by atoms with Crippen LogP contribution < -0.4 is 10.2 Å². The zero-order chi connectivity index (χ0) is 17.5. The highest BCUT2D eigenvalue weighted by Gasteiger charge is 2.08. The van der Waals surface area contributed by atoms with Crippen molar-refractivity contribution in [2.45, 2.75) is 6.92 Å². The summed E-state index contributed by atoms with van der Waals surface area (Å²) in [5, 5.41) is 12.6. The number of rotatable bonds is 6. The predicted octanol–water partition coefficient (Wildman–Crippen LogP) is 3.07. The Balaban J connectivity index is 2.01. The zero-order valence-electron chi connectivity index (χ0n) is 12.8. The summed E-state index contributed by atoms with van der Waals surface area (Å²) < 4.78 is 5.75. The second kappa shape index (κ2) is 8.26. The predicted molar refractivity (Wildman–Crippen MR) is 93.4 cm³/mol. The number of nitrogens with one attached hydrogen (secondary N) is 1. The Morgan fingerprint density at radius 3 is 2.46 bits per heavy atom. The molecule has 2 aromatic rings. The van der Waals surface area contributed by atoms with Gasteiger partial charge in [0, 0.05) is 4.47 Å². The number of nitrogens with zero attached hydrogens (tertiary/aromatic N) is 1. The fraction of sp³-hybridized carbons (Fsp3) is 0.118. The number of ether oxygens (including phenoxy) is 1. The molecule has 0 aliphatic heterocycles. The van der Waals surface area contributed by atoms with E-state index in [1.54, 1.807) is 49.4 Å². The lowest BCUT2D eigenvalue weighted by Gasteiger charge is -2.06. The van der Waals surface area contributed by atoms with Crippen molar-refractivity contribution in [1.82, 2.24) is 5.43 Å². The Morgan fingerprint density at radius 2 is 1.83 bits per heavy atom. The number of aliphatic carboxylic acids is 1. The lowest BCUT2D eigenvalue weighted by molar-refractivity contribution is -0.139. The molecule has 1 amide bonds. The minimum atomic E-state index is -1.04. The zero-order valence-corrected chi connectivity index (χ0v) is 14.4. The van der Waals surface area contributed by atoms with Crippen molar-refractivity contribution in [2.75, 3.05) is 6.61 Å². The molecule has 0 unspecified atom stereocenters. The van der Waals surface area contributed by atoms with Gasteiger partial charge in [-0.2, -0.15) is 5.10 Å². The van der Waals surface area contributed by atoms with Crippen molar-refractivity contribution < 1.29 is 19.4 Å². The number of hydrogen-bond acceptors (Lipinski definition) is 4. The maximum Gasteiger partial charge on any atom is 0.341 e. The normalized spacial score (nSPS) is 11.0. The van der Waals surface area contributed by atoms with E-state index in [1.165, 1.54) is 0 Å². The van der Waals surface area contributed by atoms with Crippen LogP contribution in [0.25, 0.3) is 0 Å². The van der Waals surface area contributed by atoms with Gasteiger partial charge in [0.1, 0.15) is 5.75 Å². The number of amides is 1. The Hall–Kier alpha value is -2.67. The smallest absolute Gasteiger partial charge is 0.341 e. The van der Waals surface area contributed by atoms with E-state index in [0.29, 0.717) is 21.5 Å². The first kappa shape index (κ1) is 17.7. The van der Waals surface area contributed by atoms with Crippen LogP contribution in [0.1, 0.15) is 22.8 Å². The van der Waals surface area contributed by atoms with Crippen molar-refractivity contribution in [3.05, 3.63) is 64.1 Å². The number of carboxylic acids is 1. The first-order chi connectivity index (χ1) is 11.5. The summed E-state index contributed by atoms with van der Waals surface area (Å²) >= 11 is 3.32. The highest BCUT2D eigenvalue weighted by molar-refractivity contribution is 9.10. The van der Waals surface area contributed by atoms with Gasteiger partial charge in [0.05, 0.1) is 11.3 Å². The molecule has 2 aromatic carbocycles. The van der Waals surface area contributed by atoms with Crippen molar-refractivity contribution >= 4 is 33.5 Å². The van der Waals surface area contributed by atoms with E-state index in [-0.39, 0.29) is 5.91 Å². The molecule has 0 spiro atoms. The molecule has 0 fully saturated rings. The highest BCUT2D eigenvalue weighted by Crippen LogP contribution is 2.16. The summed E-state index contributed by atoms with van der Waals surface area (Å²) in [5.74, 6) is -0.902. The van der Waals surface area contributed by atoms with E-state index in [4.69, 9.17) is 9.84 Å². The van der Waals surface area contributed by atoms with Crippen LogP contribution in [0, 0.1) is 0 Å². The van der Waals surface area contributed by atoms with Crippen LogP contribution in [0.4, 0.5) is 0 Å². The summed E-state index contributed by atoms with van der Waals surface area (Å²) in [4.78, 5) is 22.5. The summed E-state index contributed by atoms with van der Waals surface area (Å²) in [6, 6.07) is 13.8. The molecule has 2 N–H and O–H groups in total. The maximum absolute atomic E-state index is 12.1. The Bertz CT molecular complexity index is 772.